The molecule has 4 heteroatoms. The van der Waals surface area contributed by atoms with Gasteiger partial charge in [0.05, 0.1) is 18.4 Å². The first-order chi connectivity index (χ1) is 15.1. The molecule has 0 saturated heterocycles. The SMILES string of the molecule is CCCCCc1ccc(O)c(N(Cc2ccccc2)Cc2ccccc2)c1C(=O)OC. The molecule has 4 nitrogen and oxygen atoms in total. The van der Waals surface area contributed by atoms with Gasteiger partial charge in [0.15, 0.2) is 0 Å². The van der Waals surface area contributed by atoms with E-state index in [1.54, 1.807) is 6.07 Å². The van der Waals surface area contributed by atoms with Crippen LogP contribution < -0.4 is 4.90 Å². The van der Waals surface area contributed by atoms with Gasteiger partial charge in [-0.15, -0.1) is 0 Å². The Kier molecular flexibility index (Phi) is 8.11. The summed E-state index contributed by atoms with van der Waals surface area (Å²) in [5.41, 5.74) is 4.12. The van der Waals surface area contributed by atoms with Crippen LogP contribution in [-0.2, 0) is 24.2 Å². The van der Waals surface area contributed by atoms with Gasteiger partial charge in [-0.1, -0.05) is 86.5 Å². The van der Waals surface area contributed by atoms with Gasteiger partial charge < -0.3 is 14.7 Å². The number of hydrogen-bond donors (Lipinski definition) is 1. The minimum atomic E-state index is -0.413. The van der Waals surface area contributed by atoms with Crippen molar-refractivity contribution >= 4 is 11.7 Å². The van der Waals surface area contributed by atoms with Crippen LogP contribution in [-0.4, -0.2) is 18.2 Å². The van der Waals surface area contributed by atoms with Crippen molar-refractivity contribution < 1.29 is 14.6 Å². The van der Waals surface area contributed by atoms with E-state index in [2.05, 4.69) is 36.1 Å². The molecule has 0 radical (unpaired) electrons. The largest absolute Gasteiger partial charge is 0.506 e. The number of phenols is 1. The van der Waals surface area contributed by atoms with E-state index >= 15 is 0 Å². The monoisotopic (exact) mass is 417 g/mol. The molecule has 0 heterocycles. The Balaban J connectivity index is 2.08. The first kappa shape index (κ1) is 22.4. The fourth-order valence-electron chi connectivity index (χ4n) is 3.87. The van der Waals surface area contributed by atoms with Gasteiger partial charge in [-0.25, -0.2) is 4.79 Å². The van der Waals surface area contributed by atoms with Crippen molar-refractivity contribution in [3.05, 3.63) is 95.1 Å². The Hall–Kier alpha value is -3.27. The lowest BCUT2D eigenvalue weighted by Gasteiger charge is -2.29. The quantitative estimate of drug-likeness (QED) is 0.319. The number of carbonyl (C=O) groups is 1. The van der Waals surface area contributed by atoms with Crippen LogP contribution in [0.2, 0.25) is 0 Å². The lowest BCUT2D eigenvalue weighted by molar-refractivity contribution is 0.0599. The molecule has 162 valence electrons. The van der Waals surface area contributed by atoms with E-state index in [0.717, 1.165) is 42.4 Å². The zero-order valence-corrected chi connectivity index (χ0v) is 18.4. The van der Waals surface area contributed by atoms with Crippen LogP contribution in [0.5, 0.6) is 5.75 Å². The lowest BCUT2D eigenvalue weighted by Crippen LogP contribution is -2.25. The summed E-state index contributed by atoms with van der Waals surface area (Å²) in [6.45, 7) is 3.28. The number of nitrogens with zero attached hydrogens (tertiary/aromatic N) is 1. The molecule has 0 aliphatic rings. The summed E-state index contributed by atoms with van der Waals surface area (Å²) in [6.07, 6.45) is 3.96. The molecule has 1 N–H and O–H groups in total. The second-order valence-electron chi connectivity index (χ2n) is 7.74. The van der Waals surface area contributed by atoms with Gasteiger partial charge in [0, 0.05) is 13.1 Å². The topological polar surface area (TPSA) is 49.8 Å². The molecule has 0 aliphatic heterocycles. The molecule has 31 heavy (non-hydrogen) atoms. The molecule has 3 aromatic carbocycles. The number of esters is 1. The average molecular weight is 418 g/mol. The fourth-order valence-corrected chi connectivity index (χ4v) is 3.87. The summed E-state index contributed by atoms with van der Waals surface area (Å²) in [7, 11) is 1.39. The van der Waals surface area contributed by atoms with Crippen LogP contribution in [0.15, 0.2) is 72.8 Å². The molecule has 0 fully saturated rings. The van der Waals surface area contributed by atoms with Gasteiger partial charge in [-0.3, -0.25) is 0 Å². The predicted molar refractivity (Wildman–Crippen MR) is 125 cm³/mol. The smallest absolute Gasteiger partial charge is 0.340 e. The number of aryl methyl sites for hydroxylation is 1. The van der Waals surface area contributed by atoms with E-state index in [4.69, 9.17) is 4.74 Å². The normalized spacial score (nSPS) is 10.6. The zero-order chi connectivity index (χ0) is 22.1. The molecule has 3 rings (SSSR count). The first-order valence-corrected chi connectivity index (χ1v) is 10.9. The minimum absolute atomic E-state index is 0.0894. The Morgan fingerprint density at radius 1 is 0.871 bits per heavy atom. The summed E-state index contributed by atoms with van der Waals surface area (Å²) < 4.78 is 5.15. The second-order valence-corrected chi connectivity index (χ2v) is 7.74. The van der Waals surface area contributed by atoms with Crippen LogP contribution in [0, 0.1) is 0 Å². The summed E-state index contributed by atoms with van der Waals surface area (Å²) in [5, 5.41) is 10.9. The van der Waals surface area contributed by atoms with Crippen molar-refractivity contribution in [3.8, 4) is 5.75 Å². The van der Waals surface area contributed by atoms with E-state index in [1.165, 1.54) is 7.11 Å². The Labute approximate surface area is 185 Å². The number of methoxy groups -OCH3 is 1. The van der Waals surface area contributed by atoms with Crippen LogP contribution >= 0.6 is 0 Å². The molecule has 0 unspecified atom stereocenters. The number of unbranched alkanes of at least 4 members (excludes halogenated alkanes) is 2. The highest BCUT2D eigenvalue weighted by molar-refractivity contribution is 5.99. The van der Waals surface area contributed by atoms with E-state index in [9.17, 15) is 9.90 Å². The molecule has 0 aromatic heterocycles. The molecule has 3 aromatic rings. The standard InChI is InChI=1S/C27H31NO3/c1-3-4-7-16-23-17-18-24(29)26(25(23)27(30)31-2)28(19-21-12-8-5-9-13-21)20-22-14-10-6-11-15-22/h5-6,8-15,17-18,29H,3-4,7,16,19-20H2,1-2H3. The molecule has 0 amide bonds. The average Bonchev–Trinajstić information content (AvgIpc) is 2.80. The maximum atomic E-state index is 12.9. The van der Waals surface area contributed by atoms with Crippen molar-refractivity contribution in [2.75, 3.05) is 12.0 Å². The van der Waals surface area contributed by atoms with Gasteiger partial charge in [0.25, 0.3) is 0 Å². The Morgan fingerprint density at radius 2 is 1.45 bits per heavy atom. The molecular weight excluding hydrogens is 386 g/mol. The molecule has 0 bridgehead atoms. The number of rotatable bonds is 10. The van der Waals surface area contributed by atoms with E-state index in [-0.39, 0.29) is 5.75 Å². The number of ether oxygens (including phenoxy) is 1. The number of benzene rings is 3. The van der Waals surface area contributed by atoms with Crippen molar-refractivity contribution in [3.63, 3.8) is 0 Å². The molecule has 0 saturated carbocycles. The number of anilines is 1. The molecule has 0 spiro atoms. The third-order valence-corrected chi connectivity index (χ3v) is 5.43. The van der Waals surface area contributed by atoms with E-state index in [1.807, 2.05) is 42.5 Å². The van der Waals surface area contributed by atoms with Crippen molar-refractivity contribution in [2.24, 2.45) is 0 Å². The number of aromatic hydroxyl groups is 1. The van der Waals surface area contributed by atoms with Crippen LogP contribution in [0.4, 0.5) is 5.69 Å². The van der Waals surface area contributed by atoms with E-state index < -0.39 is 5.97 Å². The van der Waals surface area contributed by atoms with Crippen molar-refractivity contribution in [1.82, 2.24) is 0 Å². The Bertz CT molecular complexity index is 929. The van der Waals surface area contributed by atoms with Crippen LogP contribution in [0.1, 0.15) is 53.2 Å². The second kappa shape index (κ2) is 11.2. The highest BCUT2D eigenvalue weighted by atomic mass is 16.5. The first-order valence-electron chi connectivity index (χ1n) is 10.9. The minimum Gasteiger partial charge on any atom is -0.506 e. The van der Waals surface area contributed by atoms with Gasteiger partial charge >= 0.3 is 5.97 Å². The van der Waals surface area contributed by atoms with E-state index in [0.29, 0.717) is 24.3 Å². The summed E-state index contributed by atoms with van der Waals surface area (Å²) in [4.78, 5) is 15.0. The molecule has 0 atom stereocenters. The Morgan fingerprint density at radius 3 is 1.97 bits per heavy atom. The number of hydrogen-bond acceptors (Lipinski definition) is 4. The highest BCUT2D eigenvalue weighted by Gasteiger charge is 2.25. The third-order valence-electron chi connectivity index (χ3n) is 5.43. The summed E-state index contributed by atoms with van der Waals surface area (Å²) >= 11 is 0. The highest BCUT2D eigenvalue weighted by Crippen LogP contribution is 2.37. The van der Waals surface area contributed by atoms with Crippen molar-refractivity contribution in [1.29, 1.82) is 0 Å². The van der Waals surface area contributed by atoms with Crippen LogP contribution in [0.25, 0.3) is 0 Å². The number of phenolic OH excluding ortho intramolecular Hbond substituents is 1. The predicted octanol–water partition coefficient (Wildman–Crippen LogP) is 6.12. The van der Waals surface area contributed by atoms with Crippen molar-refractivity contribution in [2.45, 2.75) is 45.7 Å². The van der Waals surface area contributed by atoms with Crippen LogP contribution in [0.3, 0.4) is 0 Å². The van der Waals surface area contributed by atoms with Gasteiger partial charge in [-0.2, -0.15) is 0 Å². The summed E-state index contributed by atoms with van der Waals surface area (Å²) in [6, 6.07) is 23.7. The third kappa shape index (κ3) is 5.88. The molecule has 0 aliphatic carbocycles. The zero-order valence-electron chi connectivity index (χ0n) is 18.4. The van der Waals surface area contributed by atoms with Gasteiger partial charge in [0.2, 0.25) is 0 Å². The van der Waals surface area contributed by atoms with Gasteiger partial charge in [-0.05, 0) is 35.6 Å². The van der Waals surface area contributed by atoms with Gasteiger partial charge in [0.1, 0.15) is 5.75 Å². The maximum absolute atomic E-state index is 12.9. The maximum Gasteiger partial charge on any atom is 0.340 e. The fraction of sp³-hybridized carbons (Fsp3) is 0.296. The summed E-state index contributed by atoms with van der Waals surface area (Å²) in [5.74, 6) is -0.324. The molecular formula is C27H31NO3. The number of carbonyl (C=O) groups excluding carboxylic acids is 1. The lowest BCUT2D eigenvalue weighted by atomic mass is 9.97.